The highest BCUT2D eigenvalue weighted by Crippen LogP contribution is 2.32. The van der Waals surface area contributed by atoms with E-state index in [4.69, 9.17) is 0 Å². The van der Waals surface area contributed by atoms with Crippen molar-refractivity contribution in [3.8, 4) is 0 Å². The van der Waals surface area contributed by atoms with Gasteiger partial charge in [-0.2, -0.15) is 0 Å². The number of rotatable bonds is 7. The molecule has 0 radical (unpaired) electrons. The molecule has 0 amide bonds. The molecule has 1 aliphatic carbocycles. The Balaban J connectivity index is 2.76. The fraction of sp³-hybridized carbons (Fsp3) is 1.00. The third-order valence-electron chi connectivity index (χ3n) is 4.51. The van der Waals surface area contributed by atoms with Crippen molar-refractivity contribution in [2.45, 2.75) is 72.9 Å². The Bertz CT molecular complexity index is 239. The minimum Gasteiger partial charge on any atom is -0.312 e. The Hall–Kier alpha value is -0.0800. The zero-order valence-corrected chi connectivity index (χ0v) is 14.1. The predicted molar refractivity (Wildman–Crippen MR) is 85.5 cm³/mol. The lowest BCUT2D eigenvalue weighted by Gasteiger charge is -2.46. The lowest BCUT2D eigenvalue weighted by Crippen LogP contribution is -2.57. The summed E-state index contributed by atoms with van der Waals surface area (Å²) in [5.41, 5.74) is 0. The fourth-order valence-corrected chi connectivity index (χ4v) is 3.92. The van der Waals surface area contributed by atoms with Crippen molar-refractivity contribution >= 4 is 0 Å². The normalized spacial score (nSPS) is 32.2. The van der Waals surface area contributed by atoms with Crippen LogP contribution in [0.3, 0.4) is 0 Å². The van der Waals surface area contributed by atoms with E-state index in [9.17, 15) is 0 Å². The molecule has 0 aliphatic heterocycles. The molecule has 0 saturated heterocycles. The summed E-state index contributed by atoms with van der Waals surface area (Å²) in [6.07, 6.45) is 3.98. The molecule has 0 aromatic heterocycles. The van der Waals surface area contributed by atoms with Crippen molar-refractivity contribution in [3.05, 3.63) is 0 Å². The summed E-state index contributed by atoms with van der Waals surface area (Å²) in [6.45, 7) is 17.7. The number of hydrogen-bond acceptors (Lipinski definition) is 2. The van der Waals surface area contributed by atoms with Gasteiger partial charge in [-0.25, -0.2) is 0 Å². The topological polar surface area (TPSA) is 15.3 Å². The Morgan fingerprint density at radius 1 is 1.16 bits per heavy atom. The minimum atomic E-state index is 0.692. The molecule has 1 fully saturated rings. The van der Waals surface area contributed by atoms with E-state index < -0.39 is 0 Å². The predicted octanol–water partition coefficient (Wildman–Crippen LogP) is 3.77. The van der Waals surface area contributed by atoms with Crippen LogP contribution in [0.25, 0.3) is 0 Å². The molecule has 0 heterocycles. The second kappa shape index (κ2) is 8.26. The first-order valence-corrected chi connectivity index (χ1v) is 8.46. The Kier molecular flexibility index (Phi) is 7.38. The number of nitrogens with one attached hydrogen (secondary N) is 1. The van der Waals surface area contributed by atoms with Crippen LogP contribution in [0.2, 0.25) is 0 Å². The number of nitrogens with zero attached hydrogens (tertiary/aromatic N) is 1. The van der Waals surface area contributed by atoms with Crippen LogP contribution in [-0.4, -0.2) is 36.6 Å². The van der Waals surface area contributed by atoms with Gasteiger partial charge in [-0.05, 0) is 50.1 Å². The number of likely N-dealkylation sites (N-methyl/N-ethyl adjacent to an activating group) is 1. The van der Waals surface area contributed by atoms with Gasteiger partial charge in [-0.3, -0.25) is 4.90 Å². The lowest BCUT2D eigenvalue weighted by molar-refractivity contribution is 0.0569. The smallest absolute Gasteiger partial charge is 0.0275 e. The number of hydrogen-bond donors (Lipinski definition) is 1. The summed E-state index contributed by atoms with van der Waals surface area (Å²) in [7, 11) is 0. The molecule has 114 valence electrons. The van der Waals surface area contributed by atoms with E-state index in [-0.39, 0.29) is 0 Å². The quantitative estimate of drug-likeness (QED) is 0.756. The SMILES string of the molecule is CCCNC1CC(C)CC(C)C1N(CC)CC(C)C. The highest BCUT2D eigenvalue weighted by molar-refractivity contribution is 4.94. The second-order valence-corrected chi connectivity index (χ2v) is 7.09. The van der Waals surface area contributed by atoms with Crippen molar-refractivity contribution in [2.75, 3.05) is 19.6 Å². The molecule has 0 aromatic rings. The van der Waals surface area contributed by atoms with Crippen LogP contribution < -0.4 is 5.32 Å². The highest BCUT2D eigenvalue weighted by atomic mass is 15.2. The Labute approximate surface area is 121 Å². The van der Waals surface area contributed by atoms with E-state index in [1.165, 1.54) is 38.9 Å². The summed E-state index contributed by atoms with van der Waals surface area (Å²) in [4.78, 5) is 2.73. The zero-order valence-electron chi connectivity index (χ0n) is 14.1. The van der Waals surface area contributed by atoms with Crippen molar-refractivity contribution in [1.29, 1.82) is 0 Å². The summed E-state index contributed by atoms with van der Waals surface area (Å²) in [5.74, 6) is 2.45. The van der Waals surface area contributed by atoms with E-state index >= 15 is 0 Å². The first-order valence-electron chi connectivity index (χ1n) is 8.46. The average molecular weight is 268 g/mol. The molecular weight excluding hydrogens is 232 g/mol. The van der Waals surface area contributed by atoms with Crippen LogP contribution in [0.5, 0.6) is 0 Å². The van der Waals surface area contributed by atoms with Crippen molar-refractivity contribution in [2.24, 2.45) is 17.8 Å². The first kappa shape index (κ1) is 17.0. The molecule has 19 heavy (non-hydrogen) atoms. The standard InChI is InChI=1S/C17H36N2/c1-7-9-18-16-11-14(5)10-15(6)17(16)19(8-2)12-13(3)4/h13-18H,7-12H2,1-6H3. The summed E-state index contributed by atoms with van der Waals surface area (Å²) in [6, 6.07) is 1.42. The molecule has 0 bridgehead atoms. The molecule has 4 unspecified atom stereocenters. The van der Waals surface area contributed by atoms with E-state index in [0.29, 0.717) is 6.04 Å². The van der Waals surface area contributed by atoms with E-state index in [1.54, 1.807) is 0 Å². The monoisotopic (exact) mass is 268 g/mol. The van der Waals surface area contributed by atoms with Crippen LogP contribution in [0.4, 0.5) is 0 Å². The van der Waals surface area contributed by atoms with Gasteiger partial charge in [0.2, 0.25) is 0 Å². The van der Waals surface area contributed by atoms with Crippen molar-refractivity contribution in [3.63, 3.8) is 0 Å². The van der Waals surface area contributed by atoms with Crippen LogP contribution in [0.15, 0.2) is 0 Å². The second-order valence-electron chi connectivity index (χ2n) is 7.09. The van der Waals surface area contributed by atoms with Crippen LogP contribution in [0.1, 0.15) is 60.8 Å². The van der Waals surface area contributed by atoms with Gasteiger partial charge in [0.1, 0.15) is 0 Å². The van der Waals surface area contributed by atoms with Gasteiger partial charge in [-0.1, -0.05) is 41.5 Å². The fourth-order valence-electron chi connectivity index (χ4n) is 3.92. The minimum absolute atomic E-state index is 0.692. The van der Waals surface area contributed by atoms with Gasteiger partial charge in [-0.15, -0.1) is 0 Å². The molecule has 1 saturated carbocycles. The molecule has 4 atom stereocenters. The van der Waals surface area contributed by atoms with Crippen molar-refractivity contribution < 1.29 is 0 Å². The largest absolute Gasteiger partial charge is 0.312 e. The van der Waals surface area contributed by atoms with Gasteiger partial charge >= 0.3 is 0 Å². The molecular formula is C17H36N2. The summed E-state index contributed by atoms with van der Waals surface area (Å²) < 4.78 is 0. The maximum atomic E-state index is 3.83. The summed E-state index contributed by atoms with van der Waals surface area (Å²) in [5, 5.41) is 3.83. The molecule has 1 aliphatic rings. The molecule has 2 nitrogen and oxygen atoms in total. The lowest BCUT2D eigenvalue weighted by atomic mass is 9.75. The van der Waals surface area contributed by atoms with Gasteiger partial charge < -0.3 is 5.32 Å². The van der Waals surface area contributed by atoms with Gasteiger partial charge in [0.25, 0.3) is 0 Å². The third kappa shape index (κ3) is 5.07. The molecule has 0 spiro atoms. The van der Waals surface area contributed by atoms with Crippen LogP contribution in [0, 0.1) is 17.8 Å². The Morgan fingerprint density at radius 2 is 1.84 bits per heavy atom. The van der Waals surface area contributed by atoms with Gasteiger partial charge in [0.05, 0.1) is 0 Å². The van der Waals surface area contributed by atoms with E-state index in [1.807, 2.05) is 0 Å². The van der Waals surface area contributed by atoms with E-state index in [2.05, 4.69) is 51.8 Å². The van der Waals surface area contributed by atoms with Gasteiger partial charge in [0, 0.05) is 18.6 Å². The molecule has 1 N–H and O–H groups in total. The molecule has 2 heteroatoms. The van der Waals surface area contributed by atoms with E-state index in [0.717, 1.165) is 23.8 Å². The first-order chi connectivity index (χ1) is 8.99. The highest BCUT2D eigenvalue weighted by Gasteiger charge is 2.36. The van der Waals surface area contributed by atoms with Crippen LogP contribution in [-0.2, 0) is 0 Å². The molecule has 0 aromatic carbocycles. The van der Waals surface area contributed by atoms with Gasteiger partial charge in [0.15, 0.2) is 0 Å². The zero-order chi connectivity index (χ0) is 14.4. The van der Waals surface area contributed by atoms with Crippen molar-refractivity contribution in [1.82, 2.24) is 10.2 Å². The van der Waals surface area contributed by atoms with Crippen LogP contribution >= 0.6 is 0 Å². The third-order valence-corrected chi connectivity index (χ3v) is 4.51. The maximum Gasteiger partial charge on any atom is 0.0275 e. The Morgan fingerprint density at radius 3 is 2.37 bits per heavy atom. The average Bonchev–Trinajstić information content (AvgIpc) is 2.33. The summed E-state index contributed by atoms with van der Waals surface area (Å²) >= 11 is 0. The molecule has 1 rings (SSSR count). The maximum absolute atomic E-state index is 3.83.